The van der Waals surface area contributed by atoms with Gasteiger partial charge in [-0.05, 0) is 26.3 Å². The van der Waals surface area contributed by atoms with Crippen molar-refractivity contribution in [2.24, 2.45) is 5.73 Å². The quantitative estimate of drug-likeness (QED) is 0.608. The number of nitrogens with zero attached hydrogens (tertiary/aromatic N) is 1. The third-order valence-corrected chi connectivity index (χ3v) is 1.83. The molecule has 0 aliphatic rings. The first-order valence-corrected chi connectivity index (χ1v) is 4.74. The average Bonchev–Trinajstić information content (AvgIpc) is 2.52. The van der Waals surface area contributed by atoms with Gasteiger partial charge in [0.15, 0.2) is 5.82 Å². The highest BCUT2D eigenvalue weighted by molar-refractivity contribution is 5.89. The molecule has 0 saturated heterocycles. The fraction of sp³-hybridized carbons (Fsp3) is 0.556. The zero-order valence-corrected chi connectivity index (χ0v) is 8.34. The van der Waals surface area contributed by atoms with Crippen molar-refractivity contribution in [3.8, 4) is 0 Å². The molecule has 0 unspecified atom stereocenters. The predicted molar refractivity (Wildman–Crippen MR) is 54.9 cm³/mol. The van der Waals surface area contributed by atoms with Gasteiger partial charge in [0.1, 0.15) is 0 Å². The van der Waals surface area contributed by atoms with Crippen molar-refractivity contribution in [3.05, 3.63) is 11.8 Å². The molecule has 1 rings (SSSR count). The molecule has 0 aromatic carbocycles. The second-order valence-corrected chi connectivity index (χ2v) is 3.23. The normalized spacial score (nSPS) is 10.1. The van der Waals surface area contributed by atoms with Crippen LogP contribution in [0.2, 0.25) is 0 Å². The Morgan fingerprint density at radius 1 is 1.64 bits per heavy atom. The summed E-state index contributed by atoms with van der Waals surface area (Å²) in [7, 11) is 0. The third-order valence-electron chi connectivity index (χ3n) is 1.83. The molecule has 78 valence electrons. The van der Waals surface area contributed by atoms with Crippen LogP contribution in [0.4, 0.5) is 5.82 Å². The number of nitrogens with one attached hydrogen (secondary N) is 2. The minimum Gasteiger partial charge on any atom is -0.330 e. The van der Waals surface area contributed by atoms with Crippen LogP contribution in [-0.2, 0) is 4.79 Å². The van der Waals surface area contributed by atoms with Crippen molar-refractivity contribution in [3.63, 3.8) is 0 Å². The Bertz CT molecular complexity index is 295. The minimum absolute atomic E-state index is 0.00931. The summed E-state index contributed by atoms with van der Waals surface area (Å²) in [5.41, 5.74) is 6.25. The molecule has 14 heavy (non-hydrogen) atoms. The Morgan fingerprint density at radius 3 is 3.00 bits per heavy atom. The predicted octanol–water partition coefficient (Wildman–Crippen LogP) is 0.786. The summed E-state index contributed by atoms with van der Waals surface area (Å²) < 4.78 is 0. The minimum atomic E-state index is -0.00931. The maximum Gasteiger partial charge on any atom is 0.225 e. The van der Waals surface area contributed by atoms with Crippen LogP contribution in [0.25, 0.3) is 0 Å². The summed E-state index contributed by atoms with van der Waals surface area (Å²) in [5.74, 6) is 0.574. The smallest absolute Gasteiger partial charge is 0.225 e. The van der Waals surface area contributed by atoms with E-state index in [1.54, 1.807) is 6.07 Å². The van der Waals surface area contributed by atoms with Crippen molar-refractivity contribution < 1.29 is 4.79 Å². The Hall–Kier alpha value is -1.36. The lowest BCUT2D eigenvalue weighted by atomic mass is 10.2. The van der Waals surface area contributed by atoms with E-state index < -0.39 is 0 Å². The second kappa shape index (κ2) is 5.39. The van der Waals surface area contributed by atoms with Gasteiger partial charge < -0.3 is 11.1 Å². The average molecular weight is 196 g/mol. The maximum absolute atomic E-state index is 11.3. The topological polar surface area (TPSA) is 83.8 Å². The molecule has 1 aromatic heterocycles. The summed E-state index contributed by atoms with van der Waals surface area (Å²) in [6.07, 6.45) is 2.21. The van der Waals surface area contributed by atoms with Crippen molar-refractivity contribution in [1.29, 1.82) is 0 Å². The van der Waals surface area contributed by atoms with Crippen LogP contribution in [0.1, 0.15) is 25.0 Å². The van der Waals surface area contributed by atoms with Crippen molar-refractivity contribution in [1.82, 2.24) is 10.2 Å². The van der Waals surface area contributed by atoms with Crippen LogP contribution < -0.4 is 11.1 Å². The Labute approximate surface area is 83.1 Å². The zero-order chi connectivity index (χ0) is 10.4. The Balaban J connectivity index is 2.27. The number of unbranched alkanes of at least 4 members (excludes halogenated alkanes) is 1. The van der Waals surface area contributed by atoms with Gasteiger partial charge >= 0.3 is 0 Å². The van der Waals surface area contributed by atoms with E-state index >= 15 is 0 Å². The fourth-order valence-corrected chi connectivity index (χ4v) is 1.12. The number of rotatable bonds is 5. The van der Waals surface area contributed by atoms with E-state index in [-0.39, 0.29) is 5.91 Å². The first-order chi connectivity index (χ1) is 6.72. The number of H-pyrrole nitrogens is 1. The molecule has 1 heterocycles. The van der Waals surface area contributed by atoms with Gasteiger partial charge in [0, 0.05) is 18.2 Å². The molecule has 4 N–H and O–H groups in total. The van der Waals surface area contributed by atoms with Crippen molar-refractivity contribution in [2.45, 2.75) is 26.2 Å². The molecular weight excluding hydrogens is 180 g/mol. The SMILES string of the molecule is Cc1cc(NC(=O)CCCCN)n[nH]1. The summed E-state index contributed by atoms with van der Waals surface area (Å²) >= 11 is 0. The van der Waals surface area contributed by atoms with Crippen LogP contribution >= 0.6 is 0 Å². The molecule has 5 heteroatoms. The van der Waals surface area contributed by atoms with E-state index in [0.29, 0.717) is 18.8 Å². The monoisotopic (exact) mass is 196 g/mol. The van der Waals surface area contributed by atoms with Gasteiger partial charge in [-0.2, -0.15) is 5.10 Å². The van der Waals surface area contributed by atoms with E-state index in [1.807, 2.05) is 6.92 Å². The molecule has 0 spiro atoms. The van der Waals surface area contributed by atoms with Gasteiger partial charge in [-0.1, -0.05) is 0 Å². The number of hydrogen-bond acceptors (Lipinski definition) is 3. The largest absolute Gasteiger partial charge is 0.330 e. The van der Waals surface area contributed by atoms with Gasteiger partial charge in [0.05, 0.1) is 0 Å². The third kappa shape index (κ3) is 3.57. The standard InChI is InChI=1S/C9H16N4O/c1-7-6-8(13-12-7)11-9(14)4-2-3-5-10/h6H,2-5,10H2,1H3,(H2,11,12,13,14). The summed E-state index contributed by atoms with van der Waals surface area (Å²) in [4.78, 5) is 11.3. The molecule has 1 amide bonds. The van der Waals surface area contributed by atoms with E-state index in [2.05, 4.69) is 15.5 Å². The van der Waals surface area contributed by atoms with E-state index in [1.165, 1.54) is 0 Å². The van der Waals surface area contributed by atoms with E-state index in [0.717, 1.165) is 18.5 Å². The summed E-state index contributed by atoms with van der Waals surface area (Å²) in [6, 6.07) is 1.79. The molecular formula is C9H16N4O. The molecule has 0 atom stereocenters. The fourth-order valence-electron chi connectivity index (χ4n) is 1.12. The van der Waals surface area contributed by atoms with Crippen molar-refractivity contribution >= 4 is 11.7 Å². The number of aromatic amines is 1. The Kier molecular flexibility index (Phi) is 4.12. The first-order valence-electron chi connectivity index (χ1n) is 4.74. The molecule has 0 aliphatic heterocycles. The van der Waals surface area contributed by atoms with Gasteiger partial charge in [0.2, 0.25) is 5.91 Å². The number of anilines is 1. The number of amides is 1. The number of aromatic nitrogens is 2. The molecule has 0 bridgehead atoms. The van der Waals surface area contributed by atoms with E-state index in [4.69, 9.17) is 5.73 Å². The Morgan fingerprint density at radius 2 is 2.43 bits per heavy atom. The second-order valence-electron chi connectivity index (χ2n) is 3.23. The van der Waals surface area contributed by atoms with E-state index in [9.17, 15) is 4.79 Å². The van der Waals surface area contributed by atoms with Crippen LogP contribution in [0, 0.1) is 6.92 Å². The van der Waals surface area contributed by atoms with Gasteiger partial charge in [-0.25, -0.2) is 0 Å². The lowest BCUT2D eigenvalue weighted by Crippen LogP contribution is -2.12. The van der Waals surface area contributed by atoms with Gasteiger partial charge in [-0.15, -0.1) is 0 Å². The number of carbonyl (C=O) groups excluding carboxylic acids is 1. The molecule has 5 nitrogen and oxygen atoms in total. The highest BCUT2D eigenvalue weighted by atomic mass is 16.1. The number of aryl methyl sites for hydroxylation is 1. The number of nitrogens with two attached hydrogens (primary N) is 1. The number of hydrogen-bond donors (Lipinski definition) is 3. The molecule has 0 saturated carbocycles. The lowest BCUT2D eigenvalue weighted by Gasteiger charge is -2.00. The summed E-state index contributed by atoms with van der Waals surface area (Å²) in [6.45, 7) is 2.52. The van der Waals surface area contributed by atoms with Crippen LogP contribution in [0.15, 0.2) is 6.07 Å². The zero-order valence-electron chi connectivity index (χ0n) is 8.34. The molecule has 0 radical (unpaired) electrons. The highest BCUT2D eigenvalue weighted by Crippen LogP contribution is 2.05. The first kappa shape index (κ1) is 10.7. The van der Waals surface area contributed by atoms with Crippen molar-refractivity contribution in [2.75, 3.05) is 11.9 Å². The highest BCUT2D eigenvalue weighted by Gasteiger charge is 2.03. The molecule has 0 fully saturated rings. The van der Waals surface area contributed by atoms with Crippen LogP contribution in [0.3, 0.4) is 0 Å². The summed E-state index contributed by atoms with van der Waals surface area (Å²) in [5, 5.41) is 9.36. The van der Waals surface area contributed by atoms with Crippen LogP contribution in [0.5, 0.6) is 0 Å². The molecule has 0 aliphatic carbocycles. The van der Waals surface area contributed by atoms with Gasteiger partial charge in [-0.3, -0.25) is 9.89 Å². The number of carbonyl (C=O) groups is 1. The lowest BCUT2D eigenvalue weighted by molar-refractivity contribution is -0.116. The molecule has 1 aromatic rings. The van der Waals surface area contributed by atoms with Crippen LogP contribution in [-0.4, -0.2) is 22.6 Å². The maximum atomic E-state index is 11.3. The van der Waals surface area contributed by atoms with Gasteiger partial charge in [0.25, 0.3) is 0 Å².